The zero-order valence-corrected chi connectivity index (χ0v) is 8.47. The van der Waals surface area contributed by atoms with Gasteiger partial charge in [0.05, 0.1) is 4.99 Å². The van der Waals surface area contributed by atoms with Crippen LogP contribution < -0.4 is 0 Å². The summed E-state index contributed by atoms with van der Waals surface area (Å²) in [5, 5.41) is 0. The van der Waals surface area contributed by atoms with E-state index in [2.05, 4.69) is 0 Å². The largest absolute Gasteiger partial charge is 0.306 e. The number of thiocarbonyl (C=S) groups is 1. The van der Waals surface area contributed by atoms with Gasteiger partial charge in [0.25, 0.3) is 5.91 Å². The summed E-state index contributed by atoms with van der Waals surface area (Å²) in [4.78, 5) is 13.7. The molecule has 2 nitrogen and oxygen atoms in total. The van der Waals surface area contributed by atoms with Gasteiger partial charge >= 0.3 is 0 Å². The van der Waals surface area contributed by atoms with Crippen molar-refractivity contribution in [3.63, 3.8) is 0 Å². The molecule has 68 valence electrons. The summed E-state index contributed by atoms with van der Waals surface area (Å²) in [6.45, 7) is 1.73. The van der Waals surface area contributed by atoms with Crippen LogP contribution in [0.5, 0.6) is 0 Å². The van der Waals surface area contributed by atoms with E-state index in [1.807, 2.05) is 18.2 Å². The predicted octanol–water partition coefficient (Wildman–Crippen LogP) is 2.11. The lowest BCUT2D eigenvalue weighted by atomic mass is 10.2. The number of carbonyl (C=O) groups is 1. The van der Waals surface area contributed by atoms with Crippen molar-refractivity contribution in [2.45, 2.75) is 6.92 Å². The molecule has 1 aromatic carbocycles. The number of hydrogen-bond donors (Lipinski definition) is 0. The Bertz CT molecular complexity index is 321. The van der Waals surface area contributed by atoms with Gasteiger partial charge in [0.2, 0.25) is 0 Å². The minimum Gasteiger partial charge on any atom is -0.306 e. The third-order valence-electron chi connectivity index (χ3n) is 1.80. The molecule has 0 spiro atoms. The van der Waals surface area contributed by atoms with Crippen molar-refractivity contribution in [2.24, 2.45) is 0 Å². The second kappa shape index (κ2) is 4.14. The summed E-state index contributed by atoms with van der Waals surface area (Å²) in [5.41, 5.74) is 0.661. The van der Waals surface area contributed by atoms with Crippen molar-refractivity contribution < 1.29 is 4.79 Å². The second-order valence-corrected chi connectivity index (χ2v) is 3.34. The lowest BCUT2D eigenvalue weighted by Gasteiger charge is -2.14. The van der Waals surface area contributed by atoms with E-state index in [0.29, 0.717) is 10.6 Å². The van der Waals surface area contributed by atoms with E-state index in [4.69, 9.17) is 12.2 Å². The van der Waals surface area contributed by atoms with Crippen LogP contribution in [0.15, 0.2) is 30.3 Å². The smallest absolute Gasteiger partial charge is 0.258 e. The summed E-state index contributed by atoms with van der Waals surface area (Å²) < 4.78 is 0. The summed E-state index contributed by atoms with van der Waals surface area (Å²) in [7, 11) is 1.68. The molecule has 13 heavy (non-hydrogen) atoms. The van der Waals surface area contributed by atoms with Crippen molar-refractivity contribution in [3.05, 3.63) is 35.9 Å². The third kappa shape index (κ3) is 2.36. The van der Waals surface area contributed by atoms with Crippen LogP contribution >= 0.6 is 12.2 Å². The maximum absolute atomic E-state index is 11.6. The molecule has 1 rings (SSSR count). The van der Waals surface area contributed by atoms with Crippen molar-refractivity contribution in [3.8, 4) is 0 Å². The zero-order valence-electron chi connectivity index (χ0n) is 7.65. The normalized spacial score (nSPS) is 9.38. The number of carbonyl (C=O) groups excluding carboxylic acids is 1. The van der Waals surface area contributed by atoms with Crippen molar-refractivity contribution in [1.82, 2.24) is 4.90 Å². The second-order valence-electron chi connectivity index (χ2n) is 2.75. The quantitative estimate of drug-likeness (QED) is 0.637. The fourth-order valence-electron chi connectivity index (χ4n) is 0.917. The minimum atomic E-state index is -0.0619. The molecule has 0 aliphatic carbocycles. The Morgan fingerprint density at radius 2 is 1.85 bits per heavy atom. The van der Waals surface area contributed by atoms with Crippen LogP contribution in [-0.4, -0.2) is 22.8 Å². The standard InChI is InChI=1S/C10H11NOS/c1-8(13)11(2)10(12)9-6-4-3-5-7-9/h3-7H,1-2H3. The summed E-state index contributed by atoms with van der Waals surface area (Å²) in [6.07, 6.45) is 0. The fourth-order valence-corrected chi connectivity index (χ4v) is 1.00. The number of hydrogen-bond acceptors (Lipinski definition) is 2. The first-order valence-corrected chi connectivity index (χ1v) is 4.37. The zero-order chi connectivity index (χ0) is 9.84. The molecule has 0 aliphatic rings. The van der Waals surface area contributed by atoms with E-state index in [0.717, 1.165) is 0 Å². The molecule has 0 N–H and O–H groups in total. The molecule has 1 amide bonds. The highest BCUT2D eigenvalue weighted by Gasteiger charge is 2.11. The van der Waals surface area contributed by atoms with E-state index < -0.39 is 0 Å². The average molecular weight is 193 g/mol. The van der Waals surface area contributed by atoms with Crippen LogP contribution in [0, 0.1) is 0 Å². The number of rotatable bonds is 1. The Balaban J connectivity index is 2.86. The van der Waals surface area contributed by atoms with Crippen LogP contribution in [0.25, 0.3) is 0 Å². The molecule has 0 heterocycles. The van der Waals surface area contributed by atoms with Crippen molar-refractivity contribution in [2.75, 3.05) is 7.05 Å². The van der Waals surface area contributed by atoms with E-state index in [1.165, 1.54) is 4.90 Å². The minimum absolute atomic E-state index is 0.0619. The Kier molecular flexibility index (Phi) is 3.14. The highest BCUT2D eigenvalue weighted by Crippen LogP contribution is 2.03. The molecular weight excluding hydrogens is 182 g/mol. The number of nitrogens with zero attached hydrogens (tertiary/aromatic N) is 1. The third-order valence-corrected chi connectivity index (χ3v) is 2.07. The van der Waals surface area contributed by atoms with Gasteiger partial charge in [-0.2, -0.15) is 0 Å². The van der Waals surface area contributed by atoms with E-state index in [-0.39, 0.29) is 5.91 Å². The molecule has 1 aromatic rings. The summed E-state index contributed by atoms with van der Waals surface area (Å²) in [6, 6.07) is 9.09. The Hall–Kier alpha value is -1.22. The predicted molar refractivity (Wildman–Crippen MR) is 56.8 cm³/mol. The maximum atomic E-state index is 11.6. The Morgan fingerprint density at radius 1 is 1.31 bits per heavy atom. The van der Waals surface area contributed by atoms with Crippen LogP contribution in [-0.2, 0) is 0 Å². The van der Waals surface area contributed by atoms with Crippen LogP contribution in [0.2, 0.25) is 0 Å². The van der Waals surface area contributed by atoms with E-state index in [1.54, 1.807) is 26.1 Å². The van der Waals surface area contributed by atoms with Crippen LogP contribution in [0.1, 0.15) is 17.3 Å². The van der Waals surface area contributed by atoms with Crippen molar-refractivity contribution >= 4 is 23.1 Å². The molecule has 0 aliphatic heterocycles. The summed E-state index contributed by atoms with van der Waals surface area (Å²) in [5.74, 6) is -0.0619. The molecule has 0 saturated heterocycles. The molecule has 0 aromatic heterocycles. The van der Waals surface area contributed by atoms with Gasteiger partial charge in [0.1, 0.15) is 0 Å². The maximum Gasteiger partial charge on any atom is 0.258 e. The van der Waals surface area contributed by atoms with Gasteiger partial charge in [-0.25, -0.2) is 0 Å². The van der Waals surface area contributed by atoms with Gasteiger partial charge in [-0.1, -0.05) is 30.4 Å². The Morgan fingerprint density at radius 3 is 2.31 bits per heavy atom. The summed E-state index contributed by atoms with van der Waals surface area (Å²) >= 11 is 4.90. The molecular formula is C10H11NOS. The van der Waals surface area contributed by atoms with Gasteiger partial charge in [0, 0.05) is 12.6 Å². The lowest BCUT2D eigenvalue weighted by Crippen LogP contribution is -2.29. The first-order chi connectivity index (χ1) is 6.13. The van der Waals surface area contributed by atoms with Gasteiger partial charge in [0.15, 0.2) is 0 Å². The van der Waals surface area contributed by atoms with Crippen LogP contribution in [0.3, 0.4) is 0 Å². The number of benzene rings is 1. The molecule has 3 heteroatoms. The lowest BCUT2D eigenvalue weighted by molar-refractivity contribution is 0.0872. The highest BCUT2D eigenvalue weighted by atomic mass is 32.1. The first kappa shape index (κ1) is 9.86. The Labute approximate surface area is 83.2 Å². The van der Waals surface area contributed by atoms with Gasteiger partial charge in [-0.05, 0) is 19.1 Å². The molecule has 0 atom stereocenters. The topological polar surface area (TPSA) is 20.3 Å². The van der Waals surface area contributed by atoms with Gasteiger partial charge in [-0.3, -0.25) is 4.79 Å². The number of amides is 1. The molecule has 0 bridgehead atoms. The first-order valence-electron chi connectivity index (χ1n) is 3.96. The average Bonchev–Trinajstić information content (AvgIpc) is 2.17. The molecule has 0 fully saturated rings. The van der Waals surface area contributed by atoms with E-state index >= 15 is 0 Å². The van der Waals surface area contributed by atoms with Crippen LogP contribution in [0.4, 0.5) is 0 Å². The highest BCUT2D eigenvalue weighted by molar-refractivity contribution is 7.80. The molecule has 0 saturated carbocycles. The molecule has 0 unspecified atom stereocenters. The van der Waals surface area contributed by atoms with Gasteiger partial charge in [-0.15, -0.1) is 0 Å². The fraction of sp³-hybridized carbons (Fsp3) is 0.200. The molecule has 0 radical (unpaired) electrons. The van der Waals surface area contributed by atoms with Gasteiger partial charge < -0.3 is 4.90 Å². The SMILES string of the molecule is CC(=S)N(C)C(=O)c1ccccc1. The monoisotopic (exact) mass is 193 g/mol. The van der Waals surface area contributed by atoms with Crippen molar-refractivity contribution in [1.29, 1.82) is 0 Å². The van der Waals surface area contributed by atoms with E-state index in [9.17, 15) is 4.79 Å².